The molecule has 0 spiro atoms. The Morgan fingerprint density at radius 3 is 2.61 bits per heavy atom. The number of nitrogens with one attached hydrogen (secondary N) is 1. The summed E-state index contributed by atoms with van der Waals surface area (Å²) in [7, 11) is 3.89. The molecule has 3 saturated heterocycles. The molecule has 5 heteroatoms. The van der Waals surface area contributed by atoms with Crippen LogP contribution in [-0.2, 0) is 13.6 Å². The van der Waals surface area contributed by atoms with Crippen LogP contribution < -0.4 is 10.1 Å². The van der Waals surface area contributed by atoms with Crippen LogP contribution in [0.4, 0.5) is 0 Å². The lowest BCUT2D eigenvalue weighted by Gasteiger charge is -2.50. The molecule has 1 N–H and O–H groups in total. The second-order valence-corrected chi connectivity index (χ2v) is 9.97. The molecule has 4 atom stereocenters. The van der Waals surface area contributed by atoms with Gasteiger partial charge in [0.15, 0.2) is 0 Å². The number of piperidine rings is 3. The zero-order valence-corrected chi connectivity index (χ0v) is 19.2. The van der Waals surface area contributed by atoms with Crippen molar-refractivity contribution in [1.29, 1.82) is 0 Å². The van der Waals surface area contributed by atoms with Gasteiger partial charge < -0.3 is 10.1 Å². The Kier molecular flexibility index (Phi) is 6.33. The molecular formula is C26H38N4O. The van der Waals surface area contributed by atoms with E-state index in [1.807, 2.05) is 12.1 Å². The smallest absolute Gasteiger partial charge is 0.118 e. The average molecular weight is 423 g/mol. The van der Waals surface area contributed by atoms with Gasteiger partial charge >= 0.3 is 0 Å². The molecule has 1 aliphatic carbocycles. The summed E-state index contributed by atoms with van der Waals surface area (Å²) >= 11 is 0. The first-order chi connectivity index (χ1) is 15.2. The molecule has 4 unspecified atom stereocenters. The summed E-state index contributed by atoms with van der Waals surface area (Å²) in [5.74, 6) is 3.07. The van der Waals surface area contributed by atoms with E-state index in [1.165, 1.54) is 75.0 Å². The molecule has 0 radical (unpaired) electrons. The van der Waals surface area contributed by atoms with E-state index in [-0.39, 0.29) is 0 Å². The fourth-order valence-corrected chi connectivity index (χ4v) is 6.26. The SMILES string of the molecule is COc1ccc(CNCC2CC3CCN2CC3c2cc(C3CCCCC3)nn2C)cc1. The summed E-state index contributed by atoms with van der Waals surface area (Å²) in [5, 5.41) is 8.69. The third-order valence-electron chi connectivity index (χ3n) is 8.08. The normalized spacial score (nSPS) is 28.7. The van der Waals surface area contributed by atoms with Gasteiger partial charge in [0, 0.05) is 50.3 Å². The Balaban J connectivity index is 1.17. The lowest BCUT2D eigenvalue weighted by molar-refractivity contribution is 0.0282. The van der Waals surface area contributed by atoms with Crippen molar-refractivity contribution in [2.24, 2.45) is 13.0 Å². The molecule has 1 aromatic heterocycles. The molecular weight excluding hydrogens is 384 g/mol. The van der Waals surface area contributed by atoms with Crippen LogP contribution in [0.2, 0.25) is 0 Å². The molecule has 3 aliphatic heterocycles. The van der Waals surface area contributed by atoms with Crippen molar-refractivity contribution in [2.75, 3.05) is 26.7 Å². The number of methoxy groups -OCH3 is 1. The van der Waals surface area contributed by atoms with Crippen molar-refractivity contribution >= 4 is 0 Å². The van der Waals surface area contributed by atoms with Gasteiger partial charge in [0.2, 0.25) is 0 Å². The van der Waals surface area contributed by atoms with Gasteiger partial charge in [-0.1, -0.05) is 31.4 Å². The van der Waals surface area contributed by atoms with Crippen LogP contribution in [0.3, 0.4) is 0 Å². The summed E-state index contributed by atoms with van der Waals surface area (Å²) in [5.41, 5.74) is 4.17. The molecule has 4 fully saturated rings. The van der Waals surface area contributed by atoms with E-state index >= 15 is 0 Å². The molecule has 168 valence electrons. The van der Waals surface area contributed by atoms with Crippen molar-refractivity contribution in [1.82, 2.24) is 20.0 Å². The highest BCUT2D eigenvalue weighted by molar-refractivity contribution is 5.27. The molecule has 2 bridgehead atoms. The topological polar surface area (TPSA) is 42.3 Å². The molecule has 1 aromatic carbocycles. The largest absolute Gasteiger partial charge is 0.497 e. The number of benzene rings is 1. The Labute approximate surface area is 187 Å². The van der Waals surface area contributed by atoms with E-state index in [1.54, 1.807) is 7.11 Å². The Bertz CT molecular complexity index is 855. The van der Waals surface area contributed by atoms with Gasteiger partial charge in [-0.05, 0) is 61.9 Å². The molecule has 31 heavy (non-hydrogen) atoms. The van der Waals surface area contributed by atoms with Crippen LogP contribution in [0.15, 0.2) is 30.3 Å². The predicted octanol–water partition coefficient (Wildman–Crippen LogP) is 4.44. The minimum Gasteiger partial charge on any atom is -0.497 e. The molecule has 5 nitrogen and oxygen atoms in total. The van der Waals surface area contributed by atoms with Crippen molar-refractivity contribution < 1.29 is 4.74 Å². The van der Waals surface area contributed by atoms with Gasteiger partial charge in [-0.15, -0.1) is 0 Å². The van der Waals surface area contributed by atoms with Gasteiger partial charge in [-0.25, -0.2) is 0 Å². The van der Waals surface area contributed by atoms with Crippen LogP contribution in [-0.4, -0.2) is 47.5 Å². The van der Waals surface area contributed by atoms with Gasteiger partial charge in [0.05, 0.1) is 12.8 Å². The highest BCUT2D eigenvalue weighted by atomic mass is 16.5. The third kappa shape index (κ3) is 4.54. The van der Waals surface area contributed by atoms with Crippen molar-refractivity contribution in [2.45, 2.75) is 69.4 Å². The molecule has 0 amide bonds. The van der Waals surface area contributed by atoms with Crippen molar-refractivity contribution in [3.05, 3.63) is 47.3 Å². The number of fused-ring (bicyclic) bond motifs is 3. The Morgan fingerprint density at radius 1 is 1.10 bits per heavy atom. The number of ether oxygens (including phenoxy) is 1. The average Bonchev–Trinajstić information content (AvgIpc) is 3.22. The number of aromatic nitrogens is 2. The zero-order chi connectivity index (χ0) is 21.2. The quantitative estimate of drug-likeness (QED) is 0.716. The lowest BCUT2D eigenvalue weighted by Crippen LogP contribution is -2.55. The van der Waals surface area contributed by atoms with Crippen LogP contribution in [0, 0.1) is 5.92 Å². The zero-order valence-electron chi connectivity index (χ0n) is 19.2. The van der Waals surface area contributed by atoms with Gasteiger partial charge in [-0.3, -0.25) is 9.58 Å². The number of nitrogens with zero attached hydrogens (tertiary/aromatic N) is 3. The second kappa shape index (κ2) is 9.33. The minimum atomic E-state index is 0.654. The first kappa shape index (κ1) is 21.0. The van der Waals surface area contributed by atoms with Crippen LogP contribution >= 0.6 is 0 Å². The molecule has 4 heterocycles. The maximum Gasteiger partial charge on any atom is 0.118 e. The van der Waals surface area contributed by atoms with E-state index < -0.39 is 0 Å². The molecule has 4 aliphatic rings. The van der Waals surface area contributed by atoms with E-state index in [4.69, 9.17) is 9.84 Å². The maximum absolute atomic E-state index is 5.26. The first-order valence-electron chi connectivity index (χ1n) is 12.3. The Hall–Kier alpha value is -1.85. The van der Waals surface area contributed by atoms with Crippen LogP contribution in [0.25, 0.3) is 0 Å². The van der Waals surface area contributed by atoms with E-state index in [0.29, 0.717) is 17.9 Å². The van der Waals surface area contributed by atoms with Crippen molar-refractivity contribution in [3.8, 4) is 5.75 Å². The maximum atomic E-state index is 5.26. The molecule has 6 rings (SSSR count). The first-order valence-corrected chi connectivity index (χ1v) is 12.3. The number of rotatable bonds is 7. The third-order valence-corrected chi connectivity index (χ3v) is 8.08. The second-order valence-electron chi connectivity index (χ2n) is 9.97. The predicted molar refractivity (Wildman–Crippen MR) is 125 cm³/mol. The fourth-order valence-electron chi connectivity index (χ4n) is 6.26. The highest BCUT2D eigenvalue weighted by Gasteiger charge is 2.41. The van der Waals surface area contributed by atoms with Gasteiger partial charge in [-0.2, -0.15) is 5.10 Å². The summed E-state index contributed by atoms with van der Waals surface area (Å²) < 4.78 is 7.48. The van der Waals surface area contributed by atoms with Gasteiger partial charge in [0.25, 0.3) is 0 Å². The molecule has 2 aromatic rings. The van der Waals surface area contributed by atoms with Gasteiger partial charge in [0.1, 0.15) is 5.75 Å². The fraction of sp³-hybridized carbons (Fsp3) is 0.654. The van der Waals surface area contributed by atoms with E-state index in [9.17, 15) is 0 Å². The summed E-state index contributed by atoms with van der Waals surface area (Å²) in [4.78, 5) is 2.74. The summed E-state index contributed by atoms with van der Waals surface area (Å²) in [6, 6.07) is 11.5. The minimum absolute atomic E-state index is 0.654. The van der Waals surface area contributed by atoms with E-state index in [0.717, 1.165) is 24.8 Å². The number of aryl methyl sites for hydroxylation is 1. The van der Waals surface area contributed by atoms with Crippen LogP contribution in [0.1, 0.15) is 73.7 Å². The lowest BCUT2D eigenvalue weighted by atomic mass is 9.74. The standard InChI is InChI=1S/C26H38N4O/c1-29-26(15-25(28-29)20-6-4-3-5-7-20)24-18-30-13-12-21(24)14-22(30)17-27-16-19-8-10-23(31-2)11-9-19/h8-11,15,20-22,24,27H,3-7,12-14,16-18H2,1-2H3. The summed E-state index contributed by atoms with van der Waals surface area (Å²) in [6.07, 6.45) is 9.47. The number of hydrogen-bond donors (Lipinski definition) is 1. The van der Waals surface area contributed by atoms with E-state index in [2.05, 4.69) is 40.1 Å². The summed E-state index contributed by atoms with van der Waals surface area (Å²) in [6.45, 7) is 4.45. The Morgan fingerprint density at radius 2 is 1.90 bits per heavy atom. The molecule has 1 saturated carbocycles. The number of hydrogen-bond acceptors (Lipinski definition) is 4. The monoisotopic (exact) mass is 422 g/mol. The van der Waals surface area contributed by atoms with Crippen molar-refractivity contribution in [3.63, 3.8) is 0 Å². The van der Waals surface area contributed by atoms with Crippen LogP contribution in [0.5, 0.6) is 5.75 Å². The highest BCUT2D eigenvalue weighted by Crippen LogP contribution is 2.42.